The minimum Gasteiger partial charge on any atom is -0.342 e. The van der Waals surface area contributed by atoms with E-state index in [0.29, 0.717) is 5.56 Å². The molecule has 2 rings (SSSR count). The minimum atomic E-state index is -0.740. The monoisotopic (exact) mass is 319 g/mol. The Hall–Kier alpha value is -3.00. The Balaban J connectivity index is 2.29. The van der Waals surface area contributed by atoms with Crippen molar-refractivity contribution in [3.05, 3.63) is 46.9 Å². The van der Waals surface area contributed by atoms with Crippen molar-refractivity contribution in [3.63, 3.8) is 0 Å². The van der Waals surface area contributed by atoms with Crippen molar-refractivity contribution in [1.29, 1.82) is 0 Å². The highest BCUT2D eigenvalue weighted by molar-refractivity contribution is 6.05. The Kier molecular flexibility index (Phi) is 4.87. The van der Waals surface area contributed by atoms with Crippen LogP contribution in [0.15, 0.2) is 30.0 Å². The van der Waals surface area contributed by atoms with E-state index < -0.39 is 17.6 Å². The molecule has 8 heteroatoms. The van der Waals surface area contributed by atoms with E-state index >= 15 is 0 Å². The number of amides is 3. The topological polar surface area (TPSA) is 98.7 Å². The van der Waals surface area contributed by atoms with Crippen LogP contribution in [-0.2, 0) is 14.4 Å². The fourth-order valence-corrected chi connectivity index (χ4v) is 1.93. The van der Waals surface area contributed by atoms with Crippen LogP contribution in [0.4, 0.5) is 4.39 Å². The molecule has 3 N–H and O–H groups in total. The average Bonchev–Trinajstić information content (AvgIpc) is 2.54. The Morgan fingerprint density at radius 3 is 2.83 bits per heavy atom. The first-order valence-corrected chi connectivity index (χ1v) is 6.60. The maximum Gasteiger partial charge on any atom is 0.268 e. The second kappa shape index (κ2) is 6.84. The van der Waals surface area contributed by atoms with Crippen molar-refractivity contribution in [2.45, 2.75) is 0 Å². The zero-order valence-corrected chi connectivity index (χ0v) is 12.2. The van der Waals surface area contributed by atoms with Gasteiger partial charge in [-0.2, -0.15) is 0 Å². The smallest absolute Gasteiger partial charge is 0.268 e. The van der Waals surface area contributed by atoms with Gasteiger partial charge in [-0.25, -0.2) is 9.87 Å². The predicted molar refractivity (Wildman–Crippen MR) is 79.1 cm³/mol. The first-order chi connectivity index (χ1) is 10.9. The summed E-state index contributed by atoms with van der Waals surface area (Å²) in [7, 11) is 1.44. The molecule has 1 fully saturated rings. The van der Waals surface area contributed by atoms with E-state index in [9.17, 15) is 18.8 Å². The molecule has 0 spiro atoms. The molecule has 0 saturated carbocycles. The third-order valence-corrected chi connectivity index (χ3v) is 3.22. The van der Waals surface area contributed by atoms with Crippen molar-refractivity contribution >= 4 is 29.9 Å². The molecule has 3 amide bonds. The van der Waals surface area contributed by atoms with Gasteiger partial charge in [0.2, 0.25) is 5.91 Å². The zero-order chi connectivity index (χ0) is 17.0. The van der Waals surface area contributed by atoms with E-state index in [1.54, 1.807) is 0 Å². The molecule has 23 heavy (non-hydrogen) atoms. The molecule has 120 valence electrons. The van der Waals surface area contributed by atoms with Crippen LogP contribution in [0.5, 0.6) is 0 Å². The SMILES string of the molecule is CN1C(=O)CNC(=O)/C1=C/c1ccc(/C=C/C(=O)NO)cc1F. The van der Waals surface area contributed by atoms with Gasteiger partial charge in [0, 0.05) is 18.7 Å². The van der Waals surface area contributed by atoms with Gasteiger partial charge in [-0.05, 0) is 23.8 Å². The average molecular weight is 319 g/mol. The number of hydrogen-bond acceptors (Lipinski definition) is 4. The predicted octanol–water partition coefficient (Wildman–Crippen LogP) is 0.273. The maximum absolute atomic E-state index is 14.1. The fourth-order valence-electron chi connectivity index (χ4n) is 1.93. The van der Waals surface area contributed by atoms with Gasteiger partial charge >= 0.3 is 0 Å². The molecule has 0 radical (unpaired) electrons. The van der Waals surface area contributed by atoms with E-state index in [0.717, 1.165) is 17.0 Å². The van der Waals surface area contributed by atoms with Crippen LogP contribution in [-0.4, -0.2) is 41.4 Å². The first kappa shape index (κ1) is 16.4. The number of hydrogen-bond donors (Lipinski definition) is 3. The maximum atomic E-state index is 14.1. The van der Waals surface area contributed by atoms with E-state index in [1.165, 1.54) is 36.8 Å². The highest BCUT2D eigenvalue weighted by atomic mass is 19.1. The van der Waals surface area contributed by atoms with E-state index in [4.69, 9.17) is 5.21 Å². The Morgan fingerprint density at radius 1 is 1.43 bits per heavy atom. The third-order valence-electron chi connectivity index (χ3n) is 3.22. The Bertz CT molecular complexity index is 727. The standard InChI is InChI=1S/C15H14FN3O4/c1-19-12(15(22)17-8-14(19)21)7-10-4-2-9(6-11(10)16)3-5-13(20)18-23/h2-7,23H,8H2,1H3,(H,17,22)(H,18,20)/b5-3+,12-7-. The number of hydroxylamine groups is 1. The summed E-state index contributed by atoms with van der Waals surface area (Å²) in [6.07, 6.45) is 3.62. The van der Waals surface area contributed by atoms with Crippen molar-refractivity contribution in [2.24, 2.45) is 0 Å². The number of halogens is 1. The summed E-state index contributed by atoms with van der Waals surface area (Å²) < 4.78 is 14.1. The van der Waals surface area contributed by atoms with Gasteiger partial charge in [-0.15, -0.1) is 0 Å². The van der Waals surface area contributed by atoms with Crippen molar-refractivity contribution in [2.75, 3.05) is 13.6 Å². The second-order valence-electron chi connectivity index (χ2n) is 4.76. The van der Waals surface area contributed by atoms with E-state index in [2.05, 4.69) is 5.32 Å². The van der Waals surface area contributed by atoms with Gasteiger partial charge in [0.05, 0.1) is 6.54 Å². The van der Waals surface area contributed by atoms with Crippen LogP contribution in [0.2, 0.25) is 0 Å². The first-order valence-electron chi connectivity index (χ1n) is 6.60. The van der Waals surface area contributed by atoms with Gasteiger partial charge in [0.15, 0.2) is 0 Å². The lowest BCUT2D eigenvalue weighted by atomic mass is 10.1. The van der Waals surface area contributed by atoms with Crippen LogP contribution >= 0.6 is 0 Å². The summed E-state index contributed by atoms with van der Waals surface area (Å²) in [5.74, 6) is -2.13. The summed E-state index contributed by atoms with van der Waals surface area (Å²) in [4.78, 5) is 35.4. The number of piperazine rings is 1. The van der Waals surface area contributed by atoms with Crippen molar-refractivity contribution < 1.29 is 24.0 Å². The number of likely N-dealkylation sites (N-methyl/N-ethyl adjacent to an activating group) is 1. The lowest BCUT2D eigenvalue weighted by Gasteiger charge is -2.25. The van der Waals surface area contributed by atoms with Gasteiger partial charge in [-0.3, -0.25) is 19.6 Å². The minimum absolute atomic E-state index is 0.0445. The Labute approximate surface area is 131 Å². The van der Waals surface area contributed by atoms with E-state index in [1.807, 2.05) is 0 Å². The number of nitrogens with zero attached hydrogens (tertiary/aromatic N) is 1. The van der Waals surface area contributed by atoms with Crippen molar-refractivity contribution in [3.8, 4) is 0 Å². The molecule has 1 aliphatic rings. The van der Waals surface area contributed by atoms with Crippen molar-refractivity contribution in [1.82, 2.24) is 15.7 Å². The van der Waals surface area contributed by atoms with Crippen LogP contribution in [0.1, 0.15) is 11.1 Å². The third kappa shape index (κ3) is 3.80. The molecule has 1 heterocycles. The second-order valence-corrected chi connectivity index (χ2v) is 4.76. The number of rotatable bonds is 3. The van der Waals surface area contributed by atoms with E-state index in [-0.39, 0.29) is 23.7 Å². The van der Waals surface area contributed by atoms with Crippen LogP contribution in [0, 0.1) is 5.82 Å². The quantitative estimate of drug-likeness (QED) is 0.423. The largest absolute Gasteiger partial charge is 0.342 e. The summed E-state index contributed by atoms with van der Waals surface area (Å²) in [5, 5.41) is 10.8. The lowest BCUT2D eigenvalue weighted by Crippen LogP contribution is -2.47. The number of carbonyl (C=O) groups is 3. The summed E-state index contributed by atoms with van der Waals surface area (Å²) in [6.45, 7) is -0.0915. The molecular weight excluding hydrogens is 305 g/mol. The molecular formula is C15H14FN3O4. The molecule has 1 saturated heterocycles. The van der Waals surface area contributed by atoms with Crippen LogP contribution in [0.25, 0.3) is 12.2 Å². The highest BCUT2D eigenvalue weighted by Crippen LogP contribution is 2.18. The highest BCUT2D eigenvalue weighted by Gasteiger charge is 2.25. The van der Waals surface area contributed by atoms with Crippen LogP contribution in [0.3, 0.4) is 0 Å². The molecule has 1 aromatic carbocycles. The molecule has 7 nitrogen and oxygen atoms in total. The van der Waals surface area contributed by atoms with Gasteiger partial charge < -0.3 is 10.2 Å². The number of nitrogens with one attached hydrogen (secondary N) is 2. The molecule has 0 bridgehead atoms. The fraction of sp³-hybridized carbons (Fsp3) is 0.133. The van der Waals surface area contributed by atoms with Gasteiger partial charge in [0.25, 0.3) is 11.8 Å². The summed E-state index contributed by atoms with van der Waals surface area (Å²) in [6, 6.07) is 4.11. The molecule has 1 aromatic rings. The number of carbonyl (C=O) groups excluding carboxylic acids is 3. The zero-order valence-electron chi connectivity index (χ0n) is 12.2. The molecule has 0 unspecified atom stereocenters. The molecule has 0 aliphatic carbocycles. The summed E-state index contributed by atoms with van der Waals surface area (Å²) >= 11 is 0. The molecule has 0 atom stereocenters. The molecule has 1 aliphatic heterocycles. The summed E-state index contributed by atoms with van der Waals surface area (Å²) in [5.41, 5.74) is 1.98. The number of benzene rings is 1. The molecule has 0 aromatic heterocycles. The Morgan fingerprint density at radius 2 is 2.17 bits per heavy atom. The lowest BCUT2D eigenvalue weighted by molar-refractivity contribution is -0.135. The normalized spacial score (nSPS) is 16.8. The van der Waals surface area contributed by atoms with Crippen LogP contribution < -0.4 is 10.8 Å². The van der Waals surface area contributed by atoms with Gasteiger partial charge in [-0.1, -0.05) is 12.1 Å². The van der Waals surface area contributed by atoms with Gasteiger partial charge in [0.1, 0.15) is 11.5 Å².